The molecular weight excluding hydrogens is 503 g/mol. The van der Waals surface area contributed by atoms with Crippen molar-refractivity contribution in [1.82, 2.24) is 24.5 Å². The predicted octanol–water partition coefficient (Wildman–Crippen LogP) is 4.53. The van der Waals surface area contributed by atoms with Crippen LogP contribution in [0.15, 0.2) is 23.1 Å². The number of nitrogens with one attached hydrogen (secondary N) is 1. The molecule has 0 aliphatic heterocycles. The minimum Gasteiger partial charge on any atom is -0.493 e. The fraction of sp³-hybridized carbons (Fsp3) is 0.421. The number of rotatable bonds is 8. The van der Waals surface area contributed by atoms with Crippen LogP contribution in [0.25, 0.3) is 16.9 Å². The standard InChI is InChI=1S/C19H20BrF5N6O/c1-10(19(23,24)25)28-17-15(16(20)29-18-26-9-27-31(17)18)14-12(21)7-11(8-13(14)22)32-6-4-5-30(2)3/h7-10,28H,4-6H2,1-3H3. The molecule has 0 saturated carbocycles. The third-order valence-corrected chi connectivity index (χ3v) is 5.08. The van der Waals surface area contributed by atoms with Gasteiger partial charge in [0.2, 0.25) is 0 Å². The second-order valence-electron chi connectivity index (χ2n) is 7.27. The van der Waals surface area contributed by atoms with Crippen molar-refractivity contribution < 1.29 is 26.7 Å². The first-order valence-corrected chi connectivity index (χ1v) is 10.3. The summed E-state index contributed by atoms with van der Waals surface area (Å²) < 4.78 is 75.9. The molecule has 1 N–H and O–H groups in total. The van der Waals surface area contributed by atoms with E-state index in [4.69, 9.17) is 4.74 Å². The smallest absolute Gasteiger partial charge is 0.408 e. The number of benzene rings is 1. The highest BCUT2D eigenvalue weighted by Gasteiger charge is 2.37. The number of ether oxygens (including phenoxy) is 1. The Hall–Kier alpha value is -2.54. The lowest BCUT2D eigenvalue weighted by Gasteiger charge is -2.22. The Bertz CT molecular complexity index is 1080. The first-order chi connectivity index (χ1) is 15.0. The van der Waals surface area contributed by atoms with Crippen molar-refractivity contribution >= 4 is 27.5 Å². The van der Waals surface area contributed by atoms with E-state index in [1.807, 2.05) is 19.0 Å². The Labute approximate surface area is 188 Å². The number of hydrogen-bond acceptors (Lipinski definition) is 6. The van der Waals surface area contributed by atoms with Crippen LogP contribution < -0.4 is 10.1 Å². The maximum Gasteiger partial charge on any atom is 0.408 e. The summed E-state index contributed by atoms with van der Waals surface area (Å²) >= 11 is 3.10. The maximum atomic E-state index is 15.0. The SMILES string of the molecule is CC(Nc1c(-c2c(F)cc(OCCCN(C)C)cc2F)c(Br)nc2ncnn12)C(F)(F)F. The van der Waals surface area contributed by atoms with Crippen molar-refractivity contribution in [3.8, 4) is 16.9 Å². The zero-order valence-corrected chi connectivity index (χ0v) is 18.9. The monoisotopic (exact) mass is 522 g/mol. The minimum absolute atomic E-state index is 0.0356. The summed E-state index contributed by atoms with van der Waals surface area (Å²) in [5.41, 5.74) is -0.854. The average molecular weight is 523 g/mol. The fourth-order valence-electron chi connectivity index (χ4n) is 2.90. The fourth-order valence-corrected chi connectivity index (χ4v) is 3.45. The molecule has 0 bridgehead atoms. The van der Waals surface area contributed by atoms with E-state index < -0.39 is 29.4 Å². The lowest BCUT2D eigenvalue weighted by Crippen LogP contribution is -2.34. The molecule has 0 radical (unpaired) electrons. The summed E-state index contributed by atoms with van der Waals surface area (Å²) in [4.78, 5) is 9.81. The number of hydrogen-bond donors (Lipinski definition) is 1. The number of halogens is 6. The first-order valence-electron chi connectivity index (χ1n) is 9.48. The highest BCUT2D eigenvalue weighted by molar-refractivity contribution is 9.10. The van der Waals surface area contributed by atoms with Gasteiger partial charge >= 0.3 is 6.18 Å². The molecule has 1 aromatic carbocycles. The van der Waals surface area contributed by atoms with Gasteiger partial charge < -0.3 is 15.0 Å². The van der Waals surface area contributed by atoms with Gasteiger partial charge in [0.25, 0.3) is 5.78 Å². The number of alkyl halides is 3. The molecule has 0 spiro atoms. The molecule has 1 unspecified atom stereocenters. The summed E-state index contributed by atoms with van der Waals surface area (Å²) in [6, 6.07) is -0.0974. The zero-order valence-electron chi connectivity index (χ0n) is 17.3. The molecular formula is C19H20BrF5N6O. The molecule has 0 fully saturated rings. The van der Waals surface area contributed by atoms with Crippen LogP contribution in [0.5, 0.6) is 5.75 Å². The molecule has 0 saturated heterocycles. The molecule has 3 aromatic rings. The molecule has 2 aromatic heterocycles. The number of anilines is 1. The van der Waals surface area contributed by atoms with Crippen molar-refractivity contribution in [2.24, 2.45) is 0 Å². The summed E-state index contributed by atoms with van der Waals surface area (Å²) in [6.07, 6.45) is -2.92. The highest BCUT2D eigenvalue weighted by Crippen LogP contribution is 2.40. The van der Waals surface area contributed by atoms with E-state index in [9.17, 15) is 13.2 Å². The zero-order chi connectivity index (χ0) is 23.6. The van der Waals surface area contributed by atoms with Gasteiger partial charge in [-0.2, -0.15) is 27.8 Å². The second kappa shape index (κ2) is 9.53. The Morgan fingerprint density at radius 3 is 2.44 bits per heavy atom. The molecule has 0 aliphatic carbocycles. The van der Waals surface area contributed by atoms with E-state index in [1.165, 1.54) is 0 Å². The van der Waals surface area contributed by atoms with Crippen LogP contribution >= 0.6 is 15.9 Å². The third kappa shape index (κ3) is 5.26. The van der Waals surface area contributed by atoms with E-state index in [0.717, 1.165) is 36.4 Å². The van der Waals surface area contributed by atoms with Crippen LogP contribution in [0.4, 0.5) is 27.8 Å². The molecule has 174 valence electrons. The van der Waals surface area contributed by atoms with Gasteiger partial charge in [-0.3, -0.25) is 0 Å². The number of aromatic nitrogens is 4. The average Bonchev–Trinajstić information content (AvgIpc) is 3.13. The molecule has 3 rings (SSSR count). The van der Waals surface area contributed by atoms with Crippen LogP contribution in [0.1, 0.15) is 13.3 Å². The highest BCUT2D eigenvalue weighted by atomic mass is 79.9. The van der Waals surface area contributed by atoms with Gasteiger partial charge in [0.15, 0.2) is 0 Å². The van der Waals surface area contributed by atoms with Crippen LogP contribution in [-0.2, 0) is 0 Å². The molecule has 2 heterocycles. The van der Waals surface area contributed by atoms with Gasteiger partial charge in [-0.15, -0.1) is 0 Å². The van der Waals surface area contributed by atoms with E-state index in [1.54, 1.807) is 0 Å². The molecule has 0 amide bonds. The van der Waals surface area contributed by atoms with E-state index in [-0.39, 0.29) is 34.1 Å². The Kier molecular flexibility index (Phi) is 7.18. The quantitative estimate of drug-likeness (QED) is 0.266. The van der Waals surface area contributed by atoms with Gasteiger partial charge in [-0.05, 0) is 43.4 Å². The van der Waals surface area contributed by atoms with Crippen molar-refractivity contribution in [3.05, 3.63) is 34.7 Å². The lowest BCUT2D eigenvalue weighted by atomic mass is 10.1. The van der Waals surface area contributed by atoms with E-state index in [0.29, 0.717) is 6.42 Å². The van der Waals surface area contributed by atoms with Gasteiger partial charge in [0.05, 0.1) is 17.7 Å². The maximum absolute atomic E-state index is 15.0. The molecule has 0 aliphatic rings. The van der Waals surface area contributed by atoms with Crippen LogP contribution in [0, 0.1) is 11.6 Å². The lowest BCUT2D eigenvalue weighted by molar-refractivity contribution is -0.138. The third-order valence-electron chi connectivity index (χ3n) is 4.51. The Morgan fingerprint density at radius 2 is 1.84 bits per heavy atom. The van der Waals surface area contributed by atoms with Gasteiger partial charge in [0, 0.05) is 18.7 Å². The largest absolute Gasteiger partial charge is 0.493 e. The summed E-state index contributed by atoms with van der Waals surface area (Å²) in [5, 5.41) is 6.08. The predicted molar refractivity (Wildman–Crippen MR) is 112 cm³/mol. The van der Waals surface area contributed by atoms with Crippen molar-refractivity contribution in [3.63, 3.8) is 0 Å². The van der Waals surface area contributed by atoms with Crippen molar-refractivity contribution in [2.45, 2.75) is 25.6 Å². The summed E-state index contributed by atoms with van der Waals surface area (Å²) in [6.45, 7) is 1.84. The van der Waals surface area contributed by atoms with Crippen LogP contribution in [-0.4, -0.2) is 63.9 Å². The first kappa shape index (κ1) is 24.1. The molecule has 32 heavy (non-hydrogen) atoms. The summed E-state index contributed by atoms with van der Waals surface area (Å²) in [5.74, 6) is -2.47. The van der Waals surface area contributed by atoms with Crippen LogP contribution in [0.2, 0.25) is 0 Å². The van der Waals surface area contributed by atoms with Crippen molar-refractivity contribution in [1.29, 1.82) is 0 Å². The second-order valence-corrected chi connectivity index (χ2v) is 8.02. The molecule has 7 nitrogen and oxygen atoms in total. The van der Waals surface area contributed by atoms with Gasteiger partial charge in [-0.1, -0.05) is 0 Å². The van der Waals surface area contributed by atoms with Gasteiger partial charge in [0.1, 0.15) is 40.2 Å². The van der Waals surface area contributed by atoms with E-state index in [2.05, 4.69) is 36.3 Å². The normalized spacial score (nSPS) is 13.1. The van der Waals surface area contributed by atoms with Gasteiger partial charge in [-0.25, -0.2) is 13.8 Å². The number of nitrogens with zero attached hydrogens (tertiary/aromatic N) is 5. The molecule has 13 heteroatoms. The molecule has 1 atom stereocenters. The minimum atomic E-state index is -4.62. The topological polar surface area (TPSA) is 67.6 Å². The Morgan fingerprint density at radius 1 is 1.19 bits per heavy atom. The van der Waals surface area contributed by atoms with Crippen LogP contribution in [0.3, 0.4) is 0 Å². The van der Waals surface area contributed by atoms with E-state index >= 15 is 8.78 Å². The number of fused-ring (bicyclic) bond motifs is 1. The Balaban J connectivity index is 2.05. The summed E-state index contributed by atoms with van der Waals surface area (Å²) in [7, 11) is 3.77. The van der Waals surface area contributed by atoms with Crippen molar-refractivity contribution in [2.75, 3.05) is 32.6 Å².